The summed E-state index contributed by atoms with van der Waals surface area (Å²) in [7, 11) is 0. The molecule has 1 atom stereocenters. The van der Waals surface area contributed by atoms with Crippen LogP contribution in [-0.4, -0.2) is 27.4 Å². The maximum Gasteiger partial charge on any atom is 0.280 e. The number of hydrogen-bond acceptors (Lipinski definition) is 7. The predicted octanol–water partition coefficient (Wildman–Crippen LogP) is 6.19. The van der Waals surface area contributed by atoms with Gasteiger partial charge in [-0.1, -0.05) is 42.5 Å². The van der Waals surface area contributed by atoms with Crippen LogP contribution in [0.25, 0.3) is 17.4 Å². The number of aryl methyl sites for hydroxylation is 2. The van der Waals surface area contributed by atoms with Crippen LogP contribution in [0, 0.1) is 24.0 Å². The molecule has 4 aromatic rings. The Labute approximate surface area is 229 Å². The number of nitro groups is 1. The molecule has 9 heteroatoms. The monoisotopic (exact) mass is 535 g/mol. The Morgan fingerprint density at radius 3 is 2.35 bits per heavy atom. The fourth-order valence-electron chi connectivity index (χ4n) is 4.44. The highest BCUT2D eigenvalue weighted by Crippen LogP contribution is 2.35. The van der Waals surface area contributed by atoms with Gasteiger partial charge in [-0.3, -0.25) is 19.7 Å². The summed E-state index contributed by atoms with van der Waals surface area (Å²) >= 11 is 0. The summed E-state index contributed by atoms with van der Waals surface area (Å²) in [4.78, 5) is 37.0. The Kier molecular flexibility index (Phi) is 6.98. The number of benzene rings is 3. The highest BCUT2D eigenvalue weighted by molar-refractivity contribution is 6.32. The molecule has 0 radical (unpaired) electrons. The van der Waals surface area contributed by atoms with Crippen molar-refractivity contribution in [1.29, 1.82) is 0 Å². The number of furan rings is 1. The SMILES string of the molecule is CC1=NN(c2ccc(C(O)C(=O)c3ccccc3)cc2)C(=O)C1=Cc1ccc(-c2cc(C)c(C)cc2[N+](=O)[O-])o1. The molecule has 1 amide bonds. The number of carbonyl (C=O) groups excluding carboxylic acids is 2. The van der Waals surface area contributed by atoms with Gasteiger partial charge >= 0.3 is 0 Å². The van der Waals surface area contributed by atoms with Crippen LogP contribution in [0.15, 0.2) is 94.0 Å². The molecule has 0 spiro atoms. The lowest BCUT2D eigenvalue weighted by Crippen LogP contribution is -2.21. The normalized spacial score (nSPS) is 14.9. The van der Waals surface area contributed by atoms with Gasteiger partial charge in [0, 0.05) is 11.6 Å². The largest absolute Gasteiger partial charge is 0.456 e. The molecule has 1 aromatic heterocycles. The van der Waals surface area contributed by atoms with Gasteiger partial charge in [-0.05, 0) is 73.9 Å². The fourth-order valence-corrected chi connectivity index (χ4v) is 4.44. The van der Waals surface area contributed by atoms with Crippen molar-refractivity contribution in [3.8, 4) is 11.3 Å². The second kappa shape index (κ2) is 10.5. The maximum atomic E-state index is 13.2. The summed E-state index contributed by atoms with van der Waals surface area (Å²) in [6.45, 7) is 5.37. The zero-order chi connectivity index (χ0) is 28.6. The van der Waals surface area contributed by atoms with Crippen molar-refractivity contribution in [2.24, 2.45) is 5.10 Å². The number of aliphatic hydroxyl groups is 1. The molecule has 0 bridgehead atoms. The van der Waals surface area contributed by atoms with Crippen LogP contribution >= 0.6 is 0 Å². The molecule has 1 aliphatic heterocycles. The van der Waals surface area contributed by atoms with E-state index in [4.69, 9.17) is 4.42 Å². The third kappa shape index (κ3) is 4.97. The Balaban J connectivity index is 1.36. The number of Topliss-reactive ketones (excluding diaryl/α,β-unsaturated/α-hetero) is 1. The van der Waals surface area contributed by atoms with Crippen LogP contribution in [0.4, 0.5) is 11.4 Å². The first kappa shape index (κ1) is 26.5. The van der Waals surface area contributed by atoms with Crippen molar-refractivity contribution < 1.29 is 24.0 Å². The first-order valence-electron chi connectivity index (χ1n) is 12.5. The van der Waals surface area contributed by atoms with Crippen molar-refractivity contribution >= 4 is 34.9 Å². The highest BCUT2D eigenvalue weighted by atomic mass is 16.6. The van der Waals surface area contributed by atoms with Crippen molar-refractivity contribution in [3.05, 3.63) is 123 Å². The number of hydrazone groups is 1. The van der Waals surface area contributed by atoms with Gasteiger partial charge in [0.25, 0.3) is 11.6 Å². The number of nitro benzene ring substituents is 1. The molecule has 2 heterocycles. The molecule has 0 fully saturated rings. The summed E-state index contributed by atoms with van der Waals surface area (Å²) in [6, 6.07) is 21.4. The number of carbonyl (C=O) groups is 2. The van der Waals surface area contributed by atoms with E-state index in [0.29, 0.717) is 45.2 Å². The van der Waals surface area contributed by atoms with E-state index in [0.717, 1.165) is 11.1 Å². The summed E-state index contributed by atoms with van der Waals surface area (Å²) in [5.41, 5.74) is 4.01. The van der Waals surface area contributed by atoms with Crippen LogP contribution in [0.3, 0.4) is 0 Å². The number of rotatable bonds is 7. The van der Waals surface area contributed by atoms with Crippen molar-refractivity contribution in [3.63, 3.8) is 0 Å². The van der Waals surface area contributed by atoms with E-state index in [9.17, 15) is 24.8 Å². The average Bonchev–Trinajstić information content (AvgIpc) is 3.54. The maximum absolute atomic E-state index is 13.2. The lowest BCUT2D eigenvalue weighted by Gasteiger charge is -2.14. The number of ketones is 1. The molecule has 1 unspecified atom stereocenters. The first-order valence-corrected chi connectivity index (χ1v) is 12.5. The molecule has 1 N–H and O–H groups in total. The van der Waals surface area contributed by atoms with E-state index < -0.39 is 16.8 Å². The third-order valence-electron chi connectivity index (χ3n) is 6.81. The summed E-state index contributed by atoms with van der Waals surface area (Å²) in [5.74, 6) is -0.146. The number of anilines is 1. The summed E-state index contributed by atoms with van der Waals surface area (Å²) in [5, 5.41) is 27.8. The molecule has 9 nitrogen and oxygen atoms in total. The minimum Gasteiger partial charge on any atom is -0.456 e. The minimum absolute atomic E-state index is 0.0588. The average molecular weight is 536 g/mol. The highest BCUT2D eigenvalue weighted by Gasteiger charge is 2.30. The molecule has 3 aromatic carbocycles. The van der Waals surface area contributed by atoms with Gasteiger partial charge in [0.05, 0.1) is 27.5 Å². The van der Waals surface area contributed by atoms with Crippen molar-refractivity contribution in [2.75, 3.05) is 5.01 Å². The van der Waals surface area contributed by atoms with Crippen LogP contribution < -0.4 is 5.01 Å². The van der Waals surface area contributed by atoms with Crippen LogP contribution in [0.2, 0.25) is 0 Å². The van der Waals surface area contributed by atoms with E-state index in [-0.39, 0.29) is 11.6 Å². The molecule has 200 valence electrons. The van der Waals surface area contributed by atoms with Gasteiger partial charge in [0.2, 0.25) is 0 Å². The minimum atomic E-state index is -1.34. The standard InChI is InChI=1S/C31H25N3O6/c1-18-15-26(27(34(38)39)16-19(18)2)28-14-13-24(40-28)17-25-20(3)32-33(31(25)37)23-11-9-22(10-12-23)30(36)29(35)21-7-5-4-6-8-21/h4-17,30,36H,1-3H3. The molecular formula is C31H25N3O6. The van der Waals surface area contributed by atoms with Gasteiger partial charge in [-0.25, -0.2) is 0 Å². The van der Waals surface area contributed by atoms with Crippen LogP contribution in [-0.2, 0) is 4.79 Å². The lowest BCUT2D eigenvalue weighted by molar-refractivity contribution is -0.384. The summed E-state index contributed by atoms with van der Waals surface area (Å²) < 4.78 is 5.89. The Hall–Kier alpha value is -5.15. The Morgan fingerprint density at radius 2 is 1.68 bits per heavy atom. The summed E-state index contributed by atoms with van der Waals surface area (Å²) in [6.07, 6.45) is 0.210. The third-order valence-corrected chi connectivity index (χ3v) is 6.81. The number of hydrogen-bond donors (Lipinski definition) is 1. The Bertz CT molecular complexity index is 1700. The zero-order valence-corrected chi connectivity index (χ0v) is 22.0. The molecule has 1 aliphatic rings. The van der Waals surface area contributed by atoms with Gasteiger partial charge in [-0.2, -0.15) is 10.1 Å². The number of nitrogens with zero attached hydrogens (tertiary/aromatic N) is 3. The molecule has 0 saturated heterocycles. The van der Waals surface area contributed by atoms with E-state index in [1.54, 1.807) is 85.8 Å². The predicted molar refractivity (Wildman–Crippen MR) is 151 cm³/mol. The molecule has 5 rings (SSSR count). The Morgan fingerprint density at radius 1 is 1.00 bits per heavy atom. The molecule has 0 aliphatic carbocycles. The molecular weight excluding hydrogens is 510 g/mol. The van der Waals surface area contributed by atoms with Crippen LogP contribution in [0.5, 0.6) is 0 Å². The second-order valence-electron chi connectivity index (χ2n) is 9.50. The van der Waals surface area contributed by atoms with Crippen LogP contribution in [0.1, 0.15) is 45.8 Å². The lowest BCUT2D eigenvalue weighted by atomic mass is 10.00. The van der Waals surface area contributed by atoms with E-state index in [1.165, 1.54) is 11.1 Å². The van der Waals surface area contributed by atoms with E-state index in [2.05, 4.69) is 5.10 Å². The number of aliphatic hydroxyl groups excluding tert-OH is 1. The van der Waals surface area contributed by atoms with E-state index in [1.807, 2.05) is 13.8 Å². The van der Waals surface area contributed by atoms with Crippen molar-refractivity contribution in [1.82, 2.24) is 0 Å². The molecule has 0 saturated carbocycles. The first-order chi connectivity index (χ1) is 19.1. The van der Waals surface area contributed by atoms with Gasteiger partial charge in [0.15, 0.2) is 5.78 Å². The topological polar surface area (TPSA) is 126 Å². The fraction of sp³-hybridized carbons (Fsp3) is 0.129. The molecule has 40 heavy (non-hydrogen) atoms. The zero-order valence-electron chi connectivity index (χ0n) is 22.0. The quantitative estimate of drug-likeness (QED) is 0.130. The van der Waals surface area contributed by atoms with Crippen molar-refractivity contribution in [2.45, 2.75) is 26.9 Å². The van der Waals surface area contributed by atoms with Gasteiger partial charge < -0.3 is 9.52 Å². The van der Waals surface area contributed by atoms with E-state index >= 15 is 0 Å². The smallest absolute Gasteiger partial charge is 0.280 e. The number of amides is 1. The van der Waals surface area contributed by atoms with Gasteiger partial charge in [-0.15, -0.1) is 0 Å². The second-order valence-corrected chi connectivity index (χ2v) is 9.50. The van der Waals surface area contributed by atoms with Gasteiger partial charge in [0.1, 0.15) is 17.6 Å².